The average molecular weight is 238 g/mol. The van der Waals surface area contributed by atoms with Gasteiger partial charge in [0.1, 0.15) is 0 Å². The standard InChI is InChI=1S/C12H22N4O/c1-5-10-7-11(16(4)14-10)8-13-9-12(17)15(3)6-2/h7,13H,5-6,8-9H2,1-4H3. The van der Waals surface area contributed by atoms with E-state index >= 15 is 0 Å². The zero-order valence-corrected chi connectivity index (χ0v) is 11.2. The number of hydrogen-bond donors (Lipinski definition) is 1. The van der Waals surface area contributed by atoms with Gasteiger partial charge in [-0.25, -0.2) is 0 Å². The summed E-state index contributed by atoms with van der Waals surface area (Å²) in [7, 11) is 3.74. The minimum Gasteiger partial charge on any atom is -0.345 e. The van der Waals surface area contributed by atoms with Crippen molar-refractivity contribution in [2.75, 3.05) is 20.1 Å². The minimum absolute atomic E-state index is 0.116. The van der Waals surface area contributed by atoms with Crippen LogP contribution in [0.15, 0.2) is 6.07 Å². The summed E-state index contributed by atoms with van der Waals surface area (Å²) in [6.07, 6.45) is 0.936. The normalized spacial score (nSPS) is 10.6. The van der Waals surface area contributed by atoms with Gasteiger partial charge in [-0.3, -0.25) is 9.48 Å². The third-order valence-corrected chi connectivity index (χ3v) is 2.87. The van der Waals surface area contributed by atoms with Crippen molar-refractivity contribution in [3.63, 3.8) is 0 Å². The smallest absolute Gasteiger partial charge is 0.236 e. The first-order valence-corrected chi connectivity index (χ1v) is 6.04. The molecule has 5 heteroatoms. The van der Waals surface area contributed by atoms with E-state index in [1.165, 1.54) is 0 Å². The lowest BCUT2D eigenvalue weighted by molar-refractivity contribution is -0.128. The molecular formula is C12H22N4O. The molecule has 96 valence electrons. The Kier molecular flexibility index (Phi) is 5.15. The molecule has 0 saturated carbocycles. The Labute approximate surface area is 103 Å². The number of rotatable bonds is 6. The van der Waals surface area contributed by atoms with E-state index in [9.17, 15) is 4.79 Å². The van der Waals surface area contributed by atoms with Crippen LogP contribution >= 0.6 is 0 Å². The summed E-state index contributed by atoms with van der Waals surface area (Å²) >= 11 is 0. The highest BCUT2D eigenvalue weighted by Gasteiger charge is 2.07. The van der Waals surface area contributed by atoms with Crippen molar-refractivity contribution in [2.24, 2.45) is 7.05 Å². The second kappa shape index (κ2) is 6.39. The highest BCUT2D eigenvalue weighted by Crippen LogP contribution is 2.03. The maximum atomic E-state index is 11.6. The van der Waals surface area contributed by atoms with Crippen molar-refractivity contribution in [2.45, 2.75) is 26.8 Å². The summed E-state index contributed by atoms with van der Waals surface area (Å²) in [5.41, 5.74) is 2.19. The first-order valence-electron chi connectivity index (χ1n) is 6.04. The SMILES string of the molecule is CCc1cc(CNCC(=O)N(C)CC)n(C)n1. The van der Waals surface area contributed by atoms with Gasteiger partial charge in [0.05, 0.1) is 17.9 Å². The van der Waals surface area contributed by atoms with E-state index in [1.807, 2.05) is 25.7 Å². The second-order valence-electron chi connectivity index (χ2n) is 4.12. The Bertz CT molecular complexity index is 373. The molecule has 1 heterocycles. The maximum Gasteiger partial charge on any atom is 0.236 e. The Morgan fingerprint density at radius 2 is 2.24 bits per heavy atom. The van der Waals surface area contributed by atoms with E-state index in [0.717, 1.165) is 24.4 Å². The molecule has 0 aliphatic rings. The Morgan fingerprint density at radius 1 is 1.53 bits per heavy atom. The van der Waals surface area contributed by atoms with Crippen LogP contribution in [0.4, 0.5) is 0 Å². The van der Waals surface area contributed by atoms with Crippen LogP contribution in [0, 0.1) is 0 Å². The quantitative estimate of drug-likeness (QED) is 0.787. The number of aryl methyl sites for hydroxylation is 2. The summed E-state index contributed by atoms with van der Waals surface area (Å²) < 4.78 is 1.86. The Morgan fingerprint density at radius 3 is 2.76 bits per heavy atom. The van der Waals surface area contributed by atoms with Crippen molar-refractivity contribution in [1.29, 1.82) is 0 Å². The zero-order valence-electron chi connectivity index (χ0n) is 11.2. The molecule has 0 radical (unpaired) electrons. The van der Waals surface area contributed by atoms with Gasteiger partial charge in [-0.2, -0.15) is 5.10 Å². The number of nitrogens with one attached hydrogen (secondary N) is 1. The fraction of sp³-hybridized carbons (Fsp3) is 0.667. The predicted molar refractivity (Wildman–Crippen MR) is 67.6 cm³/mol. The van der Waals surface area contributed by atoms with Crippen LogP contribution in [0.25, 0.3) is 0 Å². The topological polar surface area (TPSA) is 50.2 Å². The van der Waals surface area contributed by atoms with E-state index in [-0.39, 0.29) is 5.91 Å². The molecule has 1 aromatic rings. The monoisotopic (exact) mass is 238 g/mol. The molecule has 0 atom stereocenters. The maximum absolute atomic E-state index is 11.6. The number of nitrogens with zero attached hydrogens (tertiary/aromatic N) is 3. The van der Waals surface area contributed by atoms with Crippen LogP contribution in [0.2, 0.25) is 0 Å². The summed E-state index contributed by atoms with van der Waals surface area (Å²) in [5.74, 6) is 0.116. The molecule has 0 saturated heterocycles. The fourth-order valence-electron chi connectivity index (χ4n) is 1.52. The predicted octanol–water partition coefficient (Wildman–Crippen LogP) is 0.550. The summed E-state index contributed by atoms with van der Waals surface area (Å²) in [4.78, 5) is 13.3. The van der Waals surface area contributed by atoms with Crippen molar-refractivity contribution in [3.8, 4) is 0 Å². The summed E-state index contributed by atoms with van der Waals surface area (Å²) in [6.45, 7) is 5.84. The molecule has 1 amide bonds. The molecule has 5 nitrogen and oxygen atoms in total. The highest BCUT2D eigenvalue weighted by molar-refractivity contribution is 5.77. The number of amides is 1. The lowest BCUT2D eigenvalue weighted by Gasteiger charge is -2.14. The van der Waals surface area contributed by atoms with Crippen molar-refractivity contribution in [1.82, 2.24) is 20.0 Å². The van der Waals surface area contributed by atoms with Gasteiger partial charge in [0, 0.05) is 27.2 Å². The third-order valence-electron chi connectivity index (χ3n) is 2.87. The van der Waals surface area contributed by atoms with Crippen LogP contribution in [-0.2, 0) is 24.8 Å². The summed E-state index contributed by atoms with van der Waals surface area (Å²) in [6, 6.07) is 2.07. The highest BCUT2D eigenvalue weighted by atomic mass is 16.2. The molecule has 1 rings (SSSR count). The fourth-order valence-corrected chi connectivity index (χ4v) is 1.52. The molecule has 0 fully saturated rings. The van der Waals surface area contributed by atoms with Crippen LogP contribution in [0.1, 0.15) is 25.2 Å². The molecule has 17 heavy (non-hydrogen) atoms. The van der Waals surface area contributed by atoms with Crippen molar-refractivity contribution in [3.05, 3.63) is 17.5 Å². The van der Waals surface area contributed by atoms with E-state index in [4.69, 9.17) is 0 Å². The van der Waals surface area contributed by atoms with Crippen LogP contribution < -0.4 is 5.32 Å². The lowest BCUT2D eigenvalue weighted by atomic mass is 10.3. The van der Waals surface area contributed by atoms with Crippen LogP contribution in [0.5, 0.6) is 0 Å². The van der Waals surface area contributed by atoms with E-state index in [2.05, 4.69) is 23.4 Å². The molecule has 0 spiro atoms. The number of carbonyl (C=O) groups is 1. The number of likely N-dealkylation sites (N-methyl/N-ethyl adjacent to an activating group) is 1. The van der Waals surface area contributed by atoms with E-state index in [1.54, 1.807) is 4.90 Å². The van der Waals surface area contributed by atoms with Gasteiger partial charge >= 0.3 is 0 Å². The molecule has 0 bridgehead atoms. The van der Waals surface area contributed by atoms with Gasteiger partial charge in [0.15, 0.2) is 0 Å². The first kappa shape index (κ1) is 13.7. The van der Waals surface area contributed by atoms with Gasteiger partial charge in [0.25, 0.3) is 0 Å². The van der Waals surface area contributed by atoms with E-state index < -0.39 is 0 Å². The zero-order chi connectivity index (χ0) is 12.8. The molecule has 0 aromatic carbocycles. The van der Waals surface area contributed by atoms with E-state index in [0.29, 0.717) is 13.1 Å². The van der Waals surface area contributed by atoms with Crippen molar-refractivity contribution < 1.29 is 4.79 Å². The largest absolute Gasteiger partial charge is 0.345 e. The number of aromatic nitrogens is 2. The van der Waals surface area contributed by atoms with Gasteiger partial charge < -0.3 is 10.2 Å². The third kappa shape index (κ3) is 3.85. The van der Waals surface area contributed by atoms with Gasteiger partial charge in [-0.1, -0.05) is 6.92 Å². The van der Waals surface area contributed by atoms with Gasteiger partial charge in [-0.05, 0) is 19.4 Å². The molecule has 0 aliphatic carbocycles. The molecule has 0 unspecified atom stereocenters. The number of hydrogen-bond acceptors (Lipinski definition) is 3. The van der Waals surface area contributed by atoms with Crippen LogP contribution in [0.3, 0.4) is 0 Å². The first-order chi connectivity index (χ1) is 8.08. The average Bonchev–Trinajstić information content (AvgIpc) is 2.69. The Hall–Kier alpha value is -1.36. The Balaban J connectivity index is 2.40. The second-order valence-corrected chi connectivity index (χ2v) is 4.12. The molecule has 0 aliphatic heterocycles. The summed E-state index contributed by atoms with van der Waals surface area (Å²) in [5, 5.41) is 7.50. The van der Waals surface area contributed by atoms with Gasteiger partial charge in [0.2, 0.25) is 5.91 Å². The minimum atomic E-state index is 0.116. The number of carbonyl (C=O) groups excluding carboxylic acids is 1. The van der Waals surface area contributed by atoms with Crippen molar-refractivity contribution >= 4 is 5.91 Å². The van der Waals surface area contributed by atoms with Gasteiger partial charge in [-0.15, -0.1) is 0 Å². The molecule has 1 aromatic heterocycles. The lowest BCUT2D eigenvalue weighted by Crippen LogP contribution is -2.35. The van der Waals surface area contributed by atoms with Crippen LogP contribution in [-0.4, -0.2) is 40.7 Å². The molecule has 1 N–H and O–H groups in total. The molecular weight excluding hydrogens is 216 g/mol.